The van der Waals surface area contributed by atoms with E-state index < -0.39 is 24.1 Å². The monoisotopic (exact) mass is 741 g/mol. The summed E-state index contributed by atoms with van der Waals surface area (Å²) in [6, 6.07) is 11.5. The number of ether oxygens (including phenoxy) is 2. The molecule has 0 saturated carbocycles. The number of nitrogens with zero attached hydrogens (tertiary/aromatic N) is 2. The molecule has 11 nitrogen and oxygen atoms in total. The van der Waals surface area contributed by atoms with Gasteiger partial charge in [0.05, 0.1) is 11.3 Å². The topological polar surface area (TPSA) is 133 Å². The maximum absolute atomic E-state index is 13.5. The number of aromatic amines is 1. The fraction of sp³-hybridized carbons (Fsp3) is 0.353. The molecule has 2 aromatic carbocycles. The average molecular weight is 742 g/mol. The third-order valence-corrected chi connectivity index (χ3v) is 8.67. The summed E-state index contributed by atoms with van der Waals surface area (Å²) in [5, 5.41) is 2.90. The average Bonchev–Trinajstić information content (AvgIpc) is 3.49. The van der Waals surface area contributed by atoms with Crippen molar-refractivity contribution in [2.45, 2.75) is 66.7 Å². The Bertz CT molecular complexity index is 1660. The molecular formula is C34H40IN5O6. The Balaban J connectivity index is 1.31. The molecule has 2 atom stereocenters. The van der Waals surface area contributed by atoms with Gasteiger partial charge in [-0.2, -0.15) is 0 Å². The third kappa shape index (κ3) is 7.97. The maximum Gasteiger partial charge on any atom is 0.409 e. The highest BCUT2D eigenvalue weighted by atomic mass is 127. The summed E-state index contributed by atoms with van der Waals surface area (Å²) in [6.07, 6.45) is 1.71. The molecule has 3 N–H and O–H groups in total. The molecule has 1 aromatic heterocycles. The molecule has 0 saturated heterocycles. The van der Waals surface area contributed by atoms with E-state index in [1.807, 2.05) is 87.8 Å². The van der Waals surface area contributed by atoms with Gasteiger partial charge in [-0.25, -0.2) is 22.8 Å². The first-order chi connectivity index (χ1) is 21.8. The molecule has 0 spiro atoms. The molecule has 2 heterocycles. The van der Waals surface area contributed by atoms with E-state index in [9.17, 15) is 19.2 Å². The number of urea groups is 1. The van der Waals surface area contributed by atoms with Crippen LogP contribution in [-0.2, 0) is 20.9 Å². The van der Waals surface area contributed by atoms with Crippen LogP contribution < -0.4 is 18.5 Å². The number of carbonyl (C=O) groups is 4. The Morgan fingerprint density at radius 2 is 1.72 bits per heavy atom. The highest BCUT2D eigenvalue weighted by molar-refractivity contribution is 14.1. The number of anilines is 1. The molecule has 0 bridgehead atoms. The number of H-pyrrole nitrogens is 1. The van der Waals surface area contributed by atoms with Gasteiger partial charge in [0.2, 0.25) is 0 Å². The van der Waals surface area contributed by atoms with Crippen LogP contribution in [0.2, 0.25) is 0 Å². The lowest BCUT2D eigenvalue weighted by Crippen LogP contribution is -2.46. The number of halogens is 1. The molecule has 1 aliphatic rings. The Morgan fingerprint density at radius 1 is 1.04 bits per heavy atom. The number of hydrogen-bond donors (Lipinski definition) is 3. The first-order valence-electron chi connectivity index (χ1n) is 15.0. The van der Waals surface area contributed by atoms with Gasteiger partial charge in [0.25, 0.3) is 5.91 Å². The van der Waals surface area contributed by atoms with E-state index in [-0.39, 0.29) is 18.6 Å². The van der Waals surface area contributed by atoms with Crippen molar-refractivity contribution in [2.75, 3.05) is 18.5 Å². The van der Waals surface area contributed by atoms with Crippen molar-refractivity contribution in [3.05, 3.63) is 81.7 Å². The van der Waals surface area contributed by atoms with E-state index in [2.05, 4.69) is 13.8 Å². The summed E-state index contributed by atoms with van der Waals surface area (Å²) in [5.74, 6) is -0.297. The number of aromatic nitrogens is 1. The van der Waals surface area contributed by atoms with Crippen LogP contribution in [0.1, 0.15) is 59.5 Å². The molecule has 244 valence electrons. The number of imide groups is 1. The second kappa shape index (κ2) is 14.9. The van der Waals surface area contributed by atoms with Gasteiger partial charge < -0.3 is 24.7 Å². The summed E-state index contributed by atoms with van der Waals surface area (Å²) in [5.41, 5.74) is 6.75. The number of carbonyl (C=O) groups excluding carboxylic acids is 4. The number of benzene rings is 2. The van der Waals surface area contributed by atoms with Crippen molar-refractivity contribution in [3.63, 3.8) is 0 Å². The molecule has 0 fully saturated rings. The van der Waals surface area contributed by atoms with E-state index in [0.717, 1.165) is 38.5 Å². The number of nitrogens with one attached hydrogen (secondary N) is 3. The number of hydrogen-bond acceptors (Lipinski definition) is 7. The predicted octanol–water partition coefficient (Wildman–Crippen LogP) is 6.13. The molecule has 0 radical (unpaired) electrons. The van der Waals surface area contributed by atoms with Gasteiger partial charge >= 0.3 is 18.1 Å². The van der Waals surface area contributed by atoms with Gasteiger partial charge in [0.1, 0.15) is 18.4 Å². The standard InChI is InChI=1S/C34H40IN5O6/c1-19-14-23(5)36-28(19)17-27-26-10-8-9-11-29(26)40(31(27)41)33(43)37-22(4)12-13-39(7)34(44)45-18-25-15-20(2)30(21(3)16-25)46-32(42)24(6)38-35/h8-11,14-17,22,24,36,38H,12-13,18H2,1-7H3,(H,37,43)/b27-17-. The number of fused-ring (bicyclic) bond motifs is 1. The minimum Gasteiger partial charge on any atom is -0.445 e. The summed E-state index contributed by atoms with van der Waals surface area (Å²) in [4.78, 5) is 57.6. The maximum atomic E-state index is 13.5. The van der Waals surface area contributed by atoms with E-state index in [1.54, 1.807) is 32.2 Å². The molecule has 46 heavy (non-hydrogen) atoms. The van der Waals surface area contributed by atoms with E-state index in [1.165, 1.54) is 4.90 Å². The van der Waals surface area contributed by atoms with Crippen LogP contribution in [0.3, 0.4) is 0 Å². The van der Waals surface area contributed by atoms with Crippen molar-refractivity contribution in [2.24, 2.45) is 0 Å². The van der Waals surface area contributed by atoms with Crippen LogP contribution in [0.15, 0.2) is 42.5 Å². The molecular weight excluding hydrogens is 701 g/mol. The van der Waals surface area contributed by atoms with Crippen molar-refractivity contribution in [1.29, 1.82) is 0 Å². The first kappa shape index (κ1) is 34.7. The predicted molar refractivity (Wildman–Crippen MR) is 186 cm³/mol. The lowest BCUT2D eigenvalue weighted by Gasteiger charge is -2.22. The second-order valence-corrected chi connectivity index (χ2v) is 12.3. The van der Waals surface area contributed by atoms with Gasteiger partial charge in [-0.3, -0.25) is 4.79 Å². The quantitative estimate of drug-likeness (QED) is 0.0750. The molecule has 1 aliphatic heterocycles. The fourth-order valence-electron chi connectivity index (χ4n) is 5.23. The molecule has 2 unspecified atom stereocenters. The van der Waals surface area contributed by atoms with Gasteiger partial charge in [0, 0.05) is 59.5 Å². The van der Waals surface area contributed by atoms with E-state index in [4.69, 9.17) is 9.47 Å². The molecule has 4 rings (SSSR count). The number of esters is 1. The summed E-state index contributed by atoms with van der Waals surface area (Å²) < 4.78 is 13.9. The smallest absolute Gasteiger partial charge is 0.409 e. The number of rotatable bonds is 10. The lowest BCUT2D eigenvalue weighted by molar-refractivity contribution is -0.135. The third-order valence-electron chi connectivity index (χ3n) is 7.73. The zero-order valence-electron chi connectivity index (χ0n) is 27.1. The Morgan fingerprint density at radius 3 is 2.35 bits per heavy atom. The van der Waals surface area contributed by atoms with E-state index in [0.29, 0.717) is 35.5 Å². The molecule has 3 aromatic rings. The first-order valence-corrected chi connectivity index (χ1v) is 16.1. The zero-order chi connectivity index (χ0) is 33.7. The number of amides is 4. The van der Waals surface area contributed by atoms with Gasteiger partial charge in [-0.15, -0.1) is 0 Å². The van der Waals surface area contributed by atoms with E-state index >= 15 is 0 Å². The van der Waals surface area contributed by atoms with Crippen LogP contribution in [0.4, 0.5) is 15.3 Å². The van der Waals surface area contributed by atoms with Gasteiger partial charge in [-0.05, 0) is 101 Å². The summed E-state index contributed by atoms with van der Waals surface area (Å²) in [7, 11) is 1.62. The Labute approximate surface area is 283 Å². The normalized spacial score (nSPS) is 14.6. The Kier molecular flexibility index (Phi) is 11.3. The van der Waals surface area contributed by atoms with Crippen molar-refractivity contribution in [3.8, 4) is 5.75 Å². The number of aryl methyl sites for hydroxylation is 4. The largest absolute Gasteiger partial charge is 0.445 e. The number of para-hydroxylation sites is 1. The van der Waals surface area contributed by atoms with Crippen molar-refractivity contribution in [1.82, 2.24) is 18.7 Å². The highest BCUT2D eigenvalue weighted by Gasteiger charge is 2.37. The van der Waals surface area contributed by atoms with Crippen LogP contribution in [0.5, 0.6) is 5.75 Å². The minimum atomic E-state index is -0.530. The SMILES string of the molecule is Cc1cc(C)c(/C=C2\C(=O)N(C(=O)NC(C)CCN(C)C(=O)OCc3cc(C)c(OC(=O)C(C)NI)c(C)c3)c3ccccc32)[nH]1. The second-order valence-electron chi connectivity index (χ2n) is 11.7. The fourth-order valence-corrected chi connectivity index (χ4v) is 5.48. The lowest BCUT2D eigenvalue weighted by atomic mass is 10.1. The van der Waals surface area contributed by atoms with Crippen molar-refractivity contribution < 1.29 is 28.7 Å². The molecule has 0 aliphatic carbocycles. The zero-order valence-corrected chi connectivity index (χ0v) is 29.3. The van der Waals surface area contributed by atoms with Crippen LogP contribution in [0, 0.1) is 27.7 Å². The summed E-state index contributed by atoms with van der Waals surface area (Å²) in [6.45, 7) is 11.5. The minimum absolute atomic E-state index is 0.0466. The molecule has 4 amide bonds. The summed E-state index contributed by atoms with van der Waals surface area (Å²) >= 11 is 1.91. The van der Waals surface area contributed by atoms with Crippen LogP contribution in [0.25, 0.3) is 11.6 Å². The van der Waals surface area contributed by atoms with Crippen molar-refractivity contribution >= 4 is 64.2 Å². The Hall–Kier alpha value is -4.17. The van der Waals surface area contributed by atoms with Crippen LogP contribution >= 0.6 is 22.9 Å². The van der Waals surface area contributed by atoms with Crippen LogP contribution in [-0.4, -0.2) is 59.6 Å². The van der Waals surface area contributed by atoms with Gasteiger partial charge in [-0.1, -0.05) is 18.2 Å². The van der Waals surface area contributed by atoms with Gasteiger partial charge in [0.15, 0.2) is 0 Å². The highest BCUT2D eigenvalue weighted by Crippen LogP contribution is 2.38. The molecule has 12 heteroatoms.